The maximum Gasteiger partial charge on any atom is 0.371 e. The van der Waals surface area contributed by atoms with Crippen LogP contribution in [0, 0.1) is 5.92 Å². The van der Waals surface area contributed by atoms with Crippen LogP contribution in [-0.2, 0) is 16.0 Å². The smallest absolute Gasteiger partial charge is 0.371 e. The van der Waals surface area contributed by atoms with E-state index in [0.717, 1.165) is 25.7 Å². The molecule has 1 aromatic rings. The Labute approximate surface area is 128 Å². The quantitative estimate of drug-likeness (QED) is 0.543. The predicted octanol–water partition coefficient (Wildman–Crippen LogP) is 0.0384. The van der Waals surface area contributed by atoms with Crippen LogP contribution in [0.1, 0.15) is 42.0 Å². The SMILES string of the molecule is NCC1CCC(OC(=O)C(N)Cc2cnc(C(=O)O)[nH]2)CC1. The molecule has 1 unspecified atom stereocenters. The molecule has 8 heteroatoms. The van der Waals surface area contributed by atoms with Gasteiger partial charge in [0.25, 0.3) is 0 Å². The summed E-state index contributed by atoms with van der Waals surface area (Å²) >= 11 is 0. The van der Waals surface area contributed by atoms with Gasteiger partial charge in [-0.15, -0.1) is 0 Å². The minimum atomic E-state index is -1.15. The van der Waals surface area contributed by atoms with Crippen LogP contribution >= 0.6 is 0 Å². The molecule has 122 valence electrons. The lowest BCUT2D eigenvalue weighted by molar-refractivity contribution is -0.152. The number of esters is 1. The van der Waals surface area contributed by atoms with Crippen molar-refractivity contribution in [2.75, 3.05) is 6.54 Å². The Morgan fingerprint density at radius 2 is 2.09 bits per heavy atom. The molecular formula is C14H22N4O4. The third-order valence-electron chi connectivity index (χ3n) is 3.98. The van der Waals surface area contributed by atoms with E-state index >= 15 is 0 Å². The summed E-state index contributed by atoms with van der Waals surface area (Å²) < 4.78 is 5.42. The van der Waals surface area contributed by atoms with E-state index < -0.39 is 18.0 Å². The molecule has 1 fully saturated rings. The second kappa shape index (κ2) is 7.37. The van der Waals surface area contributed by atoms with E-state index in [1.165, 1.54) is 6.20 Å². The van der Waals surface area contributed by atoms with Crippen LogP contribution in [0.3, 0.4) is 0 Å². The van der Waals surface area contributed by atoms with Gasteiger partial charge in [-0.1, -0.05) is 0 Å². The summed E-state index contributed by atoms with van der Waals surface area (Å²) in [5.41, 5.74) is 11.9. The predicted molar refractivity (Wildman–Crippen MR) is 78.1 cm³/mol. The van der Waals surface area contributed by atoms with Crippen molar-refractivity contribution in [2.45, 2.75) is 44.2 Å². The number of rotatable bonds is 6. The second-order valence-electron chi connectivity index (χ2n) is 5.69. The number of H-pyrrole nitrogens is 1. The van der Waals surface area contributed by atoms with Gasteiger partial charge in [0.15, 0.2) is 0 Å². The van der Waals surface area contributed by atoms with E-state index in [1.54, 1.807) is 0 Å². The molecule has 1 aromatic heterocycles. The lowest BCUT2D eigenvalue weighted by Crippen LogP contribution is -2.38. The van der Waals surface area contributed by atoms with Crippen LogP contribution in [0.4, 0.5) is 0 Å². The Balaban J connectivity index is 1.80. The fraction of sp³-hybridized carbons (Fsp3) is 0.643. The van der Waals surface area contributed by atoms with Crippen molar-refractivity contribution < 1.29 is 19.4 Å². The van der Waals surface area contributed by atoms with Crippen molar-refractivity contribution in [1.82, 2.24) is 9.97 Å². The molecule has 0 spiro atoms. The molecule has 1 aliphatic carbocycles. The Hall–Kier alpha value is -1.93. The van der Waals surface area contributed by atoms with E-state index in [9.17, 15) is 9.59 Å². The number of nitrogens with zero attached hydrogens (tertiary/aromatic N) is 1. The highest BCUT2D eigenvalue weighted by Crippen LogP contribution is 2.25. The number of aromatic carboxylic acids is 1. The van der Waals surface area contributed by atoms with Crippen LogP contribution in [-0.4, -0.2) is 45.7 Å². The fourth-order valence-electron chi connectivity index (χ4n) is 2.63. The Kier molecular flexibility index (Phi) is 5.51. The third kappa shape index (κ3) is 4.28. The molecule has 0 radical (unpaired) electrons. The first kappa shape index (κ1) is 16.4. The van der Waals surface area contributed by atoms with Crippen LogP contribution in [0.2, 0.25) is 0 Å². The summed E-state index contributed by atoms with van der Waals surface area (Å²) in [6, 6.07) is -0.839. The van der Waals surface area contributed by atoms with Gasteiger partial charge in [-0.2, -0.15) is 0 Å². The Morgan fingerprint density at radius 3 is 2.64 bits per heavy atom. The average Bonchev–Trinajstić information content (AvgIpc) is 2.96. The minimum Gasteiger partial charge on any atom is -0.475 e. The van der Waals surface area contributed by atoms with Crippen molar-refractivity contribution in [3.8, 4) is 0 Å². The average molecular weight is 310 g/mol. The van der Waals surface area contributed by atoms with Gasteiger partial charge < -0.3 is 26.3 Å². The normalized spacial score (nSPS) is 23.0. The molecular weight excluding hydrogens is 288 g/mol. The van der Waals surface area contributed by atoms with Crippen LogP contribution < -0.4 is 11.5 Å². The molecule has 1 saturated carbocycles. The lowest BCUT2D eigenvalue weighted by Gasteiger charge is -2.28. The number of nitrogens with two attached hydrogens (primary N) is 2. The molecule has 0 saturated heterocycles. The highest BCUT2D eigenvalue weighted by Gasteiger charge is 2.26. The first-order valence-corrected chi connectivity index (χ1v) is 7.43. The standard InChI is InChI=1S/C14H22N4O4/c15-6-8-1-3-10(4-2-8)22-14(21)11(16)5-9-7-17-12(18-9)13(19)20/h7-8,10-11H,1-6,15-16H2,(H,17,18)(H,19,20). The summed E-state index contributed by atoms with van der Waals surface area (Å²) in [7, 11) is 0. The number of hydrogen-bond acceptors (Lipinski definition) is 6. The van der Waals surface area contributed by atoms with Gasteiger partial charge >= 0.3 is 11.9 Å². The van der Waals surface area contributed by atoms with Crippen molar-refractivity contribution in [1.29, 1.82) is 0 Å². The zero-order chi connectivity index (χ0) is 16.1. The molecule has 8 nitrogen and oxygen atoms in total. The molecule has 22 heavy (non-hydrogen) atoms. The van der Waals surface area contributed by atoms with Gasteiger partial charge in [0, 0.05) is 18.3 Å². The molecule has 0 amide bonds. The Morgan fingerprint density at radius 1 is 1.41 bits per heavy atom. The maximum atomic E-state index is 12.0. The number of carbonyl (C=O) groups excluding carboxylic acids is 1. The first-order valence-electron chi connectivity index (χ1n) is 7.43. The monoisotopic (exact) mass is 310 g/mol. The molecule has 2 rings (SSSR count). The molecule has 0 aliphatic heterocycles. The lowest BCUT2D eigenvalue weighted by atomic mass is 9.87. The van der Waals surface area contributed by atoms with Crippen molar-refractivity contribution in [3.63, 3.8) is 0 Å². The minimum absolute atomic E-state index is 0.0994. The van der Waals surface area contributed by atoms with Gasteiger partial charge in [-0.3, -0.25) is 4.79 Å². The molecule has 0 bridgehead atoms. The number of imidazole rings is 1. The number of carboxylic acids is 1. The number of aromatic amines is 1. The van der Waals surface area contributed by atoms with Gasteiger partial charge in [0.1, 0.15) is 12.1 Å². The Bertz CT molecular complexity index is 523. The molecule has 6 N–H and O–H groups in total. The molecule has 0 aromatic carbocycles. The van der Waals surface area contributed by atoms with E-state index in [-0.39, 0.29) is 18.3 Å². The van der Waals surface area contributed by atoms with E-state index in [1.807, 2.05) is 0 Å². The number of carbonyl (C=O) groups is 2. The number of ether oxygens (including phenoxy) is 1. The fourth-order valence-corrected chi connectivity index (χ4v) is 2.63. The third-order valence-corrected chi connectivity index (χ3v) is 3.98. The van der Waals surface area contributed by atoms with Crippen LogP contribution in [0.15, 0.2) is 6.20 Å². The van der Waals surface area contributed by atoms with Gasteiger partial charge in [0.2, 0.25) is 5.82 Å². The van der Waals surface area contributed by atoms with Gasteiger partial charge in [-0.25, -0.2) is 9.78 Å². The number of nitrogens with one attached hydrogen (secondary N) is 1. The van der Waals surface area contributed by atoms with Crippen molar-refractivity contribution >= 4 is 11.9 Å². The molecule has 1 atom stereocenters. The first-order chi connectivity index (χ1) is 10.5. The summed E-state index contributed by atoms with van der Waals surface area (Å²) in [6.45, 7) is 0.673. The second-order valence-corrected chi connectivity index (χ2v) is 5.69. The van der Waals surface area contributed by atoms with E-state index in [0.29, 0.717) is 18.2 Å². The maximum absolute atomic E-state index is 12.0. The molecule has 1 heterocycles. The van der Waals surface area contributed by atoms with Crippen molar-refractivity contribution in [2.24, 2.45) is 17.4 Å². The summed E-state index contributed by atoms with van der Waals surface area (Å²) in [5, 5.41) is 8.77. The van der Waals surface area contributed by atoms with Gasteiger partial charge in [-0.05, 0) is 38.1 Å². The zero-order valence-corrected chi connectivity index (χ0v) is 12.3. The number of carboxylic acid groups (broad SMARTS) is 1. The highest BCUT2D eigenvalue weighted by atomic mass is 16.5. The van der Waals surface area contributed by atoms with Crippen LogP contribution in [0.25, 0.3) is 0 Å². The number of aromatic nitrogens is 2. The summed E-state index contributed by atoms with van der Waals surface area (Å²) in [5.74, 6) is -1.28. The summed E-state index contributed by atoms with van der Waals surface area (Å²) in [4.78, 5) is 29.0. The summed E-state index contributed by atoms with van der Waals surface area (Å²) in [6.07, 6.45) is 4.98. The zero-order valence-electron chi connectivity index (χ0n) is 12.3. The van der Waals surface area contributed by atoms with Gasteiger partial charge in [0.05, 0.1) is 0 Å². The largest absolute Gasteiger partial charge is 0.475 e. The number of hydrogen-bond donors (Lipinski definition) is 4. The van der Waals surface area contributed by atoms with Crippen molar-refractivity contribution in [3.05, 3.63) is 17.7 Å². The highest BCUT2D eigenvalue weighted by molar-refractivity contribution is 5.83. The van der Waals surface area contributed by atoms with E-state index in [4.69, 9.17) is 21.3 Å². The topological polar surface area (TPSA) is 144 Å². The van der Waals surface area contributed by atoms with Crippen LogP contribution in [0.5, 0.6) is 0 Å². The molecule has 1 aliphatic rings. The van der Waals surface area contributed by atoms with E-state index in [2.05, 4.69) is 9.97 Å².